The van der Waals surface area contributed by atoms with Crippen LogP contribution in [-0.2, 0) is 13.2 Å². The van der Waals surface area contributed by atoms with E-state index in [9.17, 15) is 4.79 Å². The number of carbonyl (C=O) groups is 1. The molecule has 0 saturated carbocycles. The summed E-state index contributed by atoms with van der Waals surface area (Å²) in [7, 11) is 0. The number of nitrogens with zero attached hydrogens (tertiary/aromatic N) is 2. The van der Waals surface area contributed by atoms with E-state index in [1.54, 1.807) is 22.9 Å². The second kappa shape index (κ2) is 8.79. The lowest BCUT2D eigenvalue weighted by molar-refractivity contribution is 0.0992. The van der Waals surface area contributed by atoms with Gasteiger partial charge in [0.2, 0.25) is 0 Å². The number of furan rings is 1. The standard InChI is InChI=1S/C22H18BrN3O3/c23-18-8-4-5-9-19(18)28-15-17-10-11-20(29-17)22(27)24-21-12-13-26(25-21)14-16-6-2-1-3-7-16/h1-13H,14-15H2,(H,24,25,27). The van der Waals surface area contributed by atoms with Crippen LogP contribution in [-0.4, -0.2) is 15.7 Å². The molecule has 29 heavy (non-hydrogen) atoms. The molecule has 0 aliphatic heterocycles. The average molecular weight is 452 g/mol. The smallest absolute Gasteiger partial charge is 0.292 e. The third-order valence-corrected chi connectivity index (χ3v) is 4.82. The van der Waals surface area contributed by atoms with Crippen molar-refractivity contribution in [3.05, 3.63) is 101 Å². The maximum atomic E-state index is 12.4. The summed E-state index contributed by atoms with van der Waals surface area (Å²) in [6.07, 6.45) is 1.82. The van der Waals surface area contributed by atoms with Gasteiger partial charge in [-0.3, -0.25) is 9.48 Å². The molecule has 7 heteroatoms. The number of amides is 1. The van der Waals surface area contributed by atoms with Gasteiger partial charge in [-0.1, -0.05) is 42.5 Å². The van der Waals surface area contributed by atoms with Gasteiger partial charge in [-0.15, -0.1) is 0 Å². The Bertz CT molecular complexity index is 1110. The lowest BCUT2D eigenvalue weighted by atomic mass is 10.2. The number of halogens is 1. The molecule has 0 atom stereocenters. The van der Waals surface area contributed by atoms with Crippen molar-refractivity contribution in [1.29, 1.82) is 0 Å². The first-order chi connectivity index (χ1) is 14.2. The molecule has 2 aromatic carbocycles. The Hall–Kier alpha value is -3.32. The van der Waals surface area contributed by atoms with E-state index in [2.05, 4.69) is 26.3 Å². The molecule has 2 heterocycles. The zero-order valence-electron chi connectivity index (χ0n) is 15.4. The van der Waals surface area contributed by atoms with E-state index in [1.165, 1.54) is 0 Å². The number of ether oxygens (including phenoxy) is 1. The van der Waals surface area contributed by atoms with Crippen molar-refractivity contribution in [2.75, 3.05) is 5.32 Å². The minimum atomic E-state index is -0.359. The number of carbonyl (C=O) groups excluding carboxylic acids is 1. The molecule has 1 amide bonds. The molecule has 0 bridgehead atoms. The number of anilines is 1. The summed E-state index contributed by atoms with van der Waals surface area (Å²) >= 11 is 3.43. The third-order valence-electron chi connectivity index (χ3n) is 4.16. The number of hydrogen-bond donors (Lipinski definition) is 1. The second-order valence-corrected chi connectivity index (χ2v) is 7.18. The first-order valence-electron chi connectivity index (χ1n) is 9.02. The number of para-hydroxylation sites is 1. The van der Waals surface area contributed by atoms with Crippen LogP contribution in [0.5, 0.6) is 5.75 Å². The molecule has 4 rings (SSSR count). The molecule has 0 spiro atoms. The molecule has 6 nitrogen and oxygen atoms in total. The fraction of sp³-hybridized carbons (Fsp3) is 0.0909. The van der Waals surface area contributed by atoms with Gasteiger partial charge < -0.3 is 14.5 Å². The Balaban J connectivity index is 1.34. The number of aromatic nitrogens is 2. The summed E-state index contributed by atoms with van der Waals surface area (Å²) in [4.78, 5) is 12.4. The van der Waals surface area contributed by atoms with Gasteiger partial charge in [-0.05, 0) is 45.8 Å². The summed E-state index contributed by atoms with van der Waals surface area (Å²) in [5, 5.41) is 7.12. The van der Waals surface area contributed by atoms with Crippen molar-refractivity contribution in [3.63, 3.8) is 0 Å². The highest BCUT2D eigenvalue weighted by molar-refractivity contribution is 9.10. The van der Waals surface area contributed by atoms with Gasteiger partial charge >= 0.3 is 0 Å². The van der Waals surface area contributed by atoms with Gasteiger partial charge in [0.25, 0.3) is 5.91 Å². The minimum absolute atomic E-state index is 0.202. The van der Waals surface area contributed by atoms with Crippen LogP contribution in [0.25, 0.3) is 0 Å². The van der Waals surface area contributed by atoms with Crippen molar-refractivity contribution < 1.29 is 13.9 Å². The monoisotopic (exact) mass is 451 g/mol. The van der Waals surface area contributed by atoms with Gasteiger partial charge in [0.15, 0.2) is 11.6 Å². The summed E-state index contributed by atoms with van der Waals surface area (Å²) in [5.41, 5.74) is 1.13. The lowest BCUT2D eigenvalue weighted by Gasteiger charge is -2.05. The number of hydrogen-bond acceptors (Lipinski definition) is 4. The Morgan fingerprint density at radius 2 is 1.83 bits per heavy atom. The Kier molecular flexibility index (Phi) is 5.76. The minimum Gasteiger partial charge on any atom is -0.484 e. The van der Waals surface area contributed by atoms with Crippen molar-refractivity contribution in [2.24, 2.45) is 0 Å². The van der Waals surface area contributed by atoms with Crippen LogP contribution < -0.4 is 10.1 Å². The number of benzene rings is 2. The number of nitrogens with one attached hydrogen (secondary N) is 1. The van der Waals surface area contributed by atoms with Crippen LogP contribution in [0.4, 0.5) is 5.82 Å². The quantitative estimate of drug-likeness (QED) is 0.423. The van der Waals surface area contributed by atoms with Crippen molar-refractivity contribution in [1.82, 2.24) is 9.78 Å². The van der Waals surface area contributed by atoms with Crippen LogP contribution in [0.2, 0.25) is 0 Å². The number of rotatable bonds is 7. The Morgan fingerprint density at radius 1 is 1.03 bits per heavy atom. The normalized spacial score (nSPS) is 10.7. The van der Waals surface area contributed by atoms with Gasteiger partial charge in [0.05, 0.1) is 11.0 Å². The zero-order chi connectivity index (χ0) is 20.1. The maximum absolute atomic E-state index is 12.4. The molecule has 0 unspecified atom stereocenters. The largest absolute Gasteiger partial charge is 0.484 e. The van der Waals surface area contributed by atoms with Crippen LogP contribution in [0.3, 0.4) is 0 Å². The molecule has 1 N–H and O–H groups in total. The summed E-state index contributed by atoms with van der Waals surface area (Å²) in [6, 6.07) is 22.6. The van der Waals surface area contributed by atoms with E-state index in [1.807, 2.05) is 60.8 Å². The van der Waals surface area contributed by atoms with Crippen LogP contribution in [0.1, 0.15) is 21.9 Å². The molecule has 4 aromatic rings. The van der Waals surface area contributed by atoms with Crippen LogP contribution in [0, 0.1) is 0 Å². The molecule has 2 aromatic heterocycles. The highest BCUT2D eigenvalue weighted by Crippen LogP contribution is 2.25. The molecule has 0 radical (unpaired) electrons. The maximum Gasteiger partial charge on any atom is 0.292 e. The molecule has 0 fully saturated rings. The average Bonchev–Trinajstić information content (AvgIpc) is 3.38. The van der Waals surface area contributed by atoms with E-state index in [-0.39, 0.29) is 18.3 Å². The fourth-order valence-electron chi connectivity index (χ4n) is 2.75. The van der Waals surface area contributed by atoms with E-state index >= 15 is 0 Å². The van der Waals surface area contributed by atoms with Gasteiger partial charge in [0.1, 0.15) is 18.1 Å². The van der Waals surface area contributed by atoms with Gasteiger partial charge in [0, 0.05) is 12.3 Å². The molecule has 146 valence electrons. The van der Waals surface area contributed by atoms with Crippen molar-refractivity contribution in [2.45, 2.75) is 13.2 Å². The summed E-state index contributed by atoms with van der Waals surface area (Å²) < 4.78 is 13.9. The third kappa shape index (κ3) is 4.94. The molecule has 0 aliphatic carbocycles. The zero-order valence-corrected chi connectivity index (χ0v) is 17.0. The van der Waals surface area contributed by atoms with E-state index in [4.69, 9.17) is 9.15 Å². The van der Waals surface area contributed by atoms with Crippen molar-refractivity contribution >= 4 is 27.7 Å². The first kappa shape index (κ1) is 19.0. The topological polar surface area (TPSA) is 69.3 Å². The molecule has 0 saturated heterocycles. The van der Waals surface area contributed by atoms with E-state index in [0.29, 0.717) is 23.9 Å². The van der Waals surface area contributed by atoms with Crippen molar-refractivity contribution in [3.8, 4) is 5.75 Å². The molecule has 0 aliphatic rings. The Labute approximate surface area is 176 Å². The summed E-state index contributed by atoms with van der Waals surface area (Å²) in [6.45, 7) is 0.857. The van der Waals surface area contributed by atoms with Gasteiger partial charge in [-0.2, -0.15) is 5.10 Å². The first-order valence-corrected chi connectivity index (χ1v) is 9.81. The fourth-order valence-corrected chi connectivity index (χ4v) is 3.15. The van der Waals surface area contributed by atoms with Crippen LogP contribution >= 0.6 is 15.9 Å². The van der Waals surface area contributed by atoms with Gasteiger partial charge in [-0.25, -0.2) is 0 Å². The molecular weight excluding hydrogens is 434 g/mol. The van der Waals surface area contributed by atoms with E-state index < -0.39 is 0 Å². The predicted octanol–water partition coefficient (Wildman–Crippen LogP) is 5.12. The van der Waals surface area contributed by atoms with Crippen LogP contribution in [0.15, 0.2) is 87.9 Å². The second-order valence-electron chi connectivity index (χ2n) is 6.32. The SMILES string of the molecule is O=C(Nc1ccn(Cc2ccccc2)n1)c1ccc(COc2ccccc2Br)o1. The van der Waals surface area contributed by atoms with E-state index in [0.717, 1.165) is 10.0 Å². The Morgan fingerprint density at radius 3 is 2.66 bits per heavy atom. The highest BCUT2D eigenvalue weighted by atomic mass is 79.9. The lowest BCUT2D eigenvalue weighted by Crippen LogP contribution is -2.12. The predicted molar refractivity (Wildman–Crippen MR) is 113 cm³/mol. The summed E-state index contributed by atoms with van der Waals surface area (Å²) in [5.74, 6) is 1.57. The molecular formula is C22H18BrN3O3. The highest BCUT2D eigenvalue weighted by Gasteiger charge is 2.13.